The maximum atomic E-state index is 13.3. The summed E-state index contributed by atoms with van der Waals surface area (Å²) < 4.78 is 3.83. The van der Waals surface area contributed by atoms with Crippen molar-refractivity contribution in [1.82, 2.24) is 24.1 Å². The maximum absolute atomic E-state index is 13.3. The van der Waals surface area contributed by atoms with Crippen molar-refractivity contribution in [1.29, 1.82) is 0 Å². The zero-order chi connectivity index (χ0) is 29.9. The summed E-state index contributed by atoms with van der Waals surface area (Å²) in [5.41, 5.74) is 7.51. The number of Topliss-reactive ketones (excluding diaryl/α,β-unsaturated/α-hetero) is 2. The lowest BCUT2D eigenvalue weighted by molar-refractivity contribution is 0.0979. The standard InChI is InChI=1S/C35H34N6O2/c1-4-40-30(16-17-38-40)33(43)20-25-9-7-8-24(18-25)19-32(42)27-14-12-26(13-15-27)31-22-37-35-34(36-21-23(2)3)39-28-10-5-6-11-29(28)41(31)35/h5-18,22-23H,4,19-21H2,1-3H3,(H,36,39). The molecule has 0 aliphatic carbocycles. The number of nitrogens with one attached hydrogen (secondary N) is 1. The summed E-state index contributed by atoms with van der Waals surface area (Å²) in [5, 5.41) is 7.65. The maximum Gasteiger partial charge on any atom is 0.185 e. The van der Waals surface area contributed by atoms with Gasteiger partial charge in [0.2, 0.25) is 0 Å². The molecule has 6 rings (SSSR count). The monoisotopic (exact) mass is 570 g/mol. The van der Waals surface area contributed by atoms with Crippen LogP contribution >= 0.6 is 0 Å². The number of aromatic nitrogens is 5. The minimum absolute atomic E-state index is 0.0113. The topological polar surface area (TPSA) is 94.2 Å². The van der Waals surface area contributed by atoms with Crippen LogP contribution in [0.25, 0.3) is 27.9 Å². The molecule has 0 spiro atoms. The molecule has 0 radical (unpaired) electrons. The number of fused-ring (bicyclic) bond motifs is 3. The number of aryl methyl sites for hydroxylation is 1. The zero-order valence-electron chi connectivity index (χ0n) is 24.6. The highest BCUT2D eigenvalue weighted by molar-refractivity contribution is 5.98. The second-order valence-corrected chi connectivity index (χ2v) is 11.2. The quantitative estimate of drug-likeness (QED) is 0.175. The molecule has 0 saturated carbocycles. The van der Waals surface area contributed by atoms with Crippen molar-refractivity contribution in [2.45, 2.75) is 40.2 Å². The van der Waals surface area contributed by atoms with Gasteiger partial charge in [-0.2, -0.15) is 5.10 Å². The summed E-state index contributed by atoms with van der Waals surface area (Å²) in [6.07, 6.45) is 4.03. The average Bonchev–Trinajstić information content (AvgIpc) is 3.68. The first-order valence-electron chi connectivity index (χ1n) is 14.7. The third kappa shape index (κ3) is 5.81. The fraction of sp³-hybridized carbons (Fsp3) is 0.229. The number of rotatable bonds is 11. The minimum atomic E-state index is 0.0113. The molecule has 0 fully saturated rings. The zero-order valence-corrected chi connectivity index (χ0v) is 24.6. The van der Waals surface area contributed by atoms with Crippen molar-refractivity contribution in [3.63, 3.8) is 0 Å². The van der Waals surface area contributed by atoms with Crippen LogP contribution in [0.3, 0.4) is 0 Å². The minimum Gasteiger partial charge on any atom is -0.367 e. The molecule has 3 aromatic carbocycles. The Kier molecular flexibility index (Phi) is 7.83. The number of hydrogen-bond donors (Lipinski definition) is 1. The molecule has 0 atom stereocenters. The van der Waals surface area contributed by atoms with Gasteiger partial charge in [-0.05, 0) is 42.2 Å². The van der Waals surface area contributed by atoms with E-state index in [1.54, 1.807) is 16.9 Å². The first-order valence-corrected chi connectivity index (χ1v) is 14.7. The third-order valence-electron chi connectivity index (χ3n) is 7.53. The predicted molar refractivity (Wildman–Crippen MR) is 170 cm³/mol. The Morgan fingerprint density at radius 1 is 0.884 bits per heavy atom. The number of ketones is 2. The van der Waals surface area contributed by atoms with E-state index >= 15 is 0 Å². The summed E-state index contributed by atoms with van der Waals surface area (Å²) in [6.45, 7) is 7.72. The molecule has 6 aromatic rings. The molecule has 1 N–H and O–H groups in total. The lowest BCUT2D eigenvalue weighted by Crippen LogP contribution is -2.12. The van der Waals surface area contributed by atoms with E-state index in [2.05, 4.69) is 28.7 Å². The van der Waals surface area contributed by atoms with Crippen LogP contribution in [0.4, 0.5) is 5.82 Å². The SMILES string of the molecule is CCn1nccc1C(=O)Cc1cccc(CC(=O)c2ccc(-c3cnc4c(NCC(C)C)nc5ccccc5n34)cc2)c1. The van der Waals surface area contributed by atoms with Crippen LogP contribution in [0.2, 0.25) is 0 Å². The highest BCUT2D eigenvalue weighted by Crippen LogP contribution is 2.29. The van der Waals surface area contributed by atoms with Gasteiger partial charge >= 0.3 is 0 Å². The lowest BCUT2D eigenvalue weighted by atomic mass is 9.98. The summed E-state index contributed by atoms with van der Waals surface area (Å²) in [7, 11) is 0. The molecule has 0 amide bonds. The van der Waals surface area contributed by atoms with Crippen LogP contribution in [0.1, 0.15) is 52.7 Å². The molecule has 3 heterocycles. The molecule has 3 aromatic heterocycles. The summed E-state index contributed by atoms with van der Waals surface area (Å²) in [6, 6.07) is 25.2. The Morgan fingerprint density at radius 3 is 2.37 bits per heavy atom. The fourth-order valence-electron chi connectivity index (χ4n) is 5.37. The lowest BCUT2D eigenvalue weighted by Gasteiger charge is -2.13. The summed E-state index contributed by atoms with van der Waals surface area (Å²) in [5.74, 6) is 1.25. The van der Waals surface area contributed by atoms with Gasteiger partial charge < -0.3 is 5.32 Å². The molecule has 0 unspecified atom stereocenters. The van der Waals surface area contributed by atoms with E-state index < -0.39 is 0 Å². The molecule has 0 saturated heterocycles. The number of anilines is 1. The highest BCUT2D eigenvalue weighted by Gasteiger charge is 2.17. The molecule has 8 nitrogen and oxygen atoms in total. The van der Waals surface area contributed by atoms with Gasteiger partial charge in [-0.1, -0.05) is 74.5 Å². The normalized spacial score (nSPS) is 11.4. The summed E-state index contributed by atoms with van der Waals surface area (Å²) >= 11 is 0. The molecule has 43 heavy (non-hydrogen) atoms. The van der Waals surface area contributed by atoms with E-state index in [0.29, 0.717) is 23.7 Å². The Bertz CT molecular complexity index is 1930. The number of carbonyl (C=O) groups excluding carboxylic acids is 2. The van der Waals surface area contributed by atoms with E-state index in [0.717, 1.165) is 51.4 Å². The molecule has 8 heteroatoms. The Balaban J connectivity index is 1.22. The van der Waals surface area contributed by atoms with E-state index in [1.807, 2.05) is 85.9 Å². The van der Waals surface area contributed by atoms with Crippen LogP contribution in [0.5, 0.6) is 0 Å². The van der Waals surface area contributed by atoms with E-state index in [-0.39, 0.29) is 24.4 Å². The largest absolute Gasteiger partial charge is 0.367 e. The first-order chi connectivity index (χ1) is 20.9. The van der Waals surface area contributed by atoms with Crippen LogP contribution in [0.15, 0.2) is 91.3 Å². The second-order valence-electron chi connectivity index (χ2n) is 11.2. The molecule has 216 valence electrons. The van der Waals surface area contributed by atoms with Gasteiger partial charge in [-0.25, -0.2) is 9.97 Å². The Hall–Kier alpha value is -5.11. The molecule has 0 bridgehead atoms. The van der Waals surface area contributed by atoms with Gasteiger partial charge in [0.25, 0.3) is 0 Å². The van der Waals surface area contributed by atoms with Crippen molar-refractivity contribution in [2.24, 2.45) is 5.92 Å². The van der Waals surface area contributed by atoms with E-state index in [1.165, 1.54) is 0 Å². The summed E-state index contributed by atoms with van der Waals surface area (Å²) in [4.78, 5) is 35.7. The van der Waals surface area contributed by atoms with Crippen LogP contribution in [0, 0.1) is 5.92 Å². The van der Waals surface area contributed by atoms with Gasteiger partial charge in [0.1, 0.15) is 5.69 Å². The molecule has 0 aliphatic rings. The molecule has 0 aliphatic heterocycles. The van der Waals surface area contributed by atoms with Crippen LogP contribution in [-0.4, -0.2) is 42.3 Å². The highest BCUT2D eigenvalue weighted by atomic mass is 16.1. The van der Waals surface area contributed by atoms with Crippen molar-refractivity contribution >= 4 is 34.1 Å². The average molecular weight is 571 g/mol. The number of imidazole rings is 1. The second kappa shape index (κ2) is 12.0. The van der Waals surface area contributed by atoms with Gasteiger partial charge in [-0.15, -0.1) is 0 Å². The van der Waals surface area contributed by atoms with E-state index in [4.69, 9.17) is 9.97 Å². The number of carbonyl (C=O) groups is 2. The van der Waals surface area contributed by atoms with E-state index in [9.17, 15) is 9.59 Å². The van der Waals surface area contributed by atoms with Gasteiger partial charge in [0, 0.05) is 43.3 Å². The number of hydrogen-bond acceptors (Lipinski definition) is 6. The van der Waals surface area contributed by atoms with Gasteiger partial charge in [-0.3, -0.25) is 18.7 Å². The van der Waals surface area contributed by atoms with Crippen molar-refractivity contribution in [2.75, 3.05) is 11.9 Å². The Morgan fingerprint density at radius 2 is 1.63 bits per heavy atom. The third-order valence-corrected chi connectivity index (χ3v) is 7.53. The smallest absolute Gasteiger partial charge is 0.185 e. The molecular formula is C35H34N6O2. The molecular weight excluding hydrogens is 536 g/mol. The van der Waals surface area contributed by atoms with Gasteiger partial charge in [0.15, 0.2) is 23.0 Å². The number of para-hydroxylation sites is 2. The van der Waals surface area contributed by atoms with Crippen LogP contribution in [-0.2, 0) is 19.4 Å². The fourth-order valence-corrected chi connectivity index (χ4v) is 5.37. The van der Waals surface area contributed by atoms with Crippen molar-refractivity contribution in [3.05, 3.63) is 114 Å². The van der Waals surface area contributed by atoms with Crippen molar-refractivity contribution in [3.8, 4) is 11.3 Å². The predicted octanol–water partition coefficient (Wildman–Crippen LogP) is 6.68. The number of benzene rings is 3. The first kappa shape index (κ1) is 28.0. The Labute approximate surface area is 250 Å². The number of nitrogens with zero attached hydrogens (tertiary/aromatic N) is 5. The van der Waals surface area contributed by atoms with Gasteiger partial charge in [0.05, 0.1) is 22.9 Å². The van der Waals surface area contributed by atoms with Crippen LogP contribution < -0.4 is 5.32 Å². The van der Waals surface area contributed by atoms with Crippen molar-refractivity contribution < 1.29 is 9.59 Å².